The molecule has 0 saturated carbocycles. The molecule has 0 spiro atoms. The lowest BCUT2D eigenvalue weighted by Gasteiger charge is -2.13. The standard InChI is InChI=1S/C21H17FN2O6S/c1-13-3-7-16(8-4-13)31(28)23-18-9-6-15(12-17(18)21(25)29-2)30-20-11-14(22)5-10-19(20)24(26)27/h3-12,23H,1-2H3. The number of carbonyl (C=O) groups is 1. The number of benzene rings is 3. The number of rotatable bonds is 7. The van der Waals surface area contributed by atoms with Crippen LogP contribution >= 0.6 is 0 Å². The summed E-state index contributed by atoms with van der Waals surface area (Å²) in [5, 5.41) is 11.2. The van der Waals surface area contributed by atoms with Crippen LogP contribution in [0.25, 0.3) is 0 Å². The van der Waals surface area contributed by atoms with Crippen molar-refractivity contribution in [2.24, 2.45) is 0 Å². The van der Waals surface area contributed by atoms with Gasteiger partial charge in [0.25, 0.3) is 0 Å². The molecule has 1 unspecified atom stereocenters. The number of anilines is 1. The van der Waals surface area contributed by atoms with Crippen LogP contribution in [0.3, 0.4) is 0 Å². The number of halogens is 1. The third kappa shape index (κ3) is 5.23. The largest absolute Gasteiger partial charge is 0.465 e. The maximum Gasteiger partial charge on any atom is 0.340 e. The van der Waals surface area contributed by atoms with Gasteiger partial charge in [0.1, 0.15) is 22.6 Å². The second kappa shape index (κ2) is 9.35. The van der Waals surface area contributed by atoms with E-state index in [4.69, 9.17) is 9.47 Å². The summed E-state index contributed by atoms with van der Waals surface area (Å²) < 4.78 is 39.1. The Labute approximate surface area is 179 Å². The molecule has 1 N–H and O–H groups in total. The zero-order valence-corrected chi connectivity index (χ0v) is 17.3. The minimum Gasteiger partial charge on any atom is -0.465 e. The number of aryl methyl sites for hydroxylation is 1. The molecule has 8 nitrogen and oxygen atoms in total. The van der Waals surface area contributed by atoms with Crippen molar-refractivity contribution in [3.63, 3.8) is 0 Å². The molecule has 3 rings (SSSR count). The summed E-state index contributed by atoms with van der Waals surface area (Å²) in [6, 6.07) is 13.9. The second-order valence-corrected chi connectivity index (χ2v) is 7.57. The molecule has 0 aliphatic carbocycles. The summed E-state index contributed by atoms with van der Waals surface area (Å²) in [4.78, 5) is 23.2. The summed E-state index contributed by atoms with van der Waals surface area (Å²) in [6.45, 7) is 1.90. The number of nitro benzene ring substituents is 1. The Morgan fingerprint density at radius 1 is 1.10 bits per heavy atom. The number of hydrogen-bond donors (Lipinski definition) is 1. The highest BCUT2D eigenvalue weighted by Gasteiger charge is 2.20. The van der Waals surface area contributed by atoms with Gasteiger partial charge in [0, 0.05) is 12.1 Å². The van der Waals surface area contributed by atoms with Crippen molar-refractivity contribution in [1.29, 1.82) is 0 Å². The van der Waals surface area contributed by atoms with Gasteiger partial charge in [0.2, 0.25) is 5.75 Å². The first kappa shape index (κ1) is 21.9. The summed E-state index contributed by atoms with van der Waals surface area (Å²) >= 11 is 0. The fraction of sp³-hybridized carbons (Fsp3) is 0.0952. The van der Waals surface area contributed by atoms with Gasteiger partial charge in [-0.05, 0) is 43.3 Å². The molecule has 0 amide bonds. The van der Waals surface area contributed by atoms with Gasteiger partial charge < -0.3 is 14.2 Å². The smallest absolute Gasteiger partial charge is 0.340 e. The van der Waals surface area contributed by atoms with Crippen LogP contribution in [0.1, 0.15) is 15.9 Å². The zero-order chi connectivity index (χ0) is 22.5. The number of nitro groups is 1. The first-order chi connectivity index (χ1) is 14.8. The van der Waals surface area contributed by atoms with E-state index in [1.807, 2.05) is 6.92 Å². The maximum atomic E-state index is 13.5. The van der Waals surface area contributed by atoms with Crippen LogP contribution in [-0.4, -0.2) is 22.2 Å². The predicted molar refractivity (Wildman–Crippen MR) is 112 cm³/mol. The minimum atomic E-state index is -1.67. The van der Waals surface area contributed by atoms with Gasteiger partial charge in [-0.2, -0.15) is 0 Å². The van der Waals surface area contributed by atoms with E-state index in [0.717, 1.165) is 23.8 Å². The Morgan fingerprint density at radius 2 is 1.81 bits per heavy atom. The van der Waals surface area contributed by atoms with Crippen molar-refractivity contribution in [1.82, 2.24) is 0 Å². The Morgan fingerprint density at radius 3 is 2.45 bits per heavy atom. The van der Waals surface area contributed by atoms with E-state index in [1.165, 1.54) is 25.3 Å². The van der Waals surface area contributed by atoms with Gasteiger partial charge in [0.15, 0.2) is 0 Å². The van der Waals surface area contributed by atoms with E-state index in [2.05, 4.69) is 4.72 Å². The quantitative estimate of drug-likeness (QED) is 0.320. The van der Waals surface area contributed by atoms with Crippen LogP contribution in [0, 0.1) is 22.9 Å². The van der Waals surface area contributed by atoms with Gasteiger partial charge in [0.05, 0.1) is 28.2 Å². The van der Waals surface area contributed by atoms with E-state index >= 15 is 0 Å². The van der Waals surface area contributed by atoms with Gasteiger partial charge in [-0.3, -0.25) is 10.1 Å². The van der Waals surface area contributed by atoms with Gasteiger partial charge in [-0.25, -0.2) is 13.4 Å². The predicted octanol–water partition coefficient (Wildman–Crippen LogP) is 4.76. The van der Waals surface area contributed by atoms with E-state index in [0.29, 0.717) is 4.90 Å². The highest BCUT2D eigenvalue weighted by molar-refractivity contribution is 7.86. The van der Waals surface area contributed by atoms with Crippen molar-refractivity contribution in [3.8, 4) is 11.5 Å². The molecule has 3 aromatic rings. The molecule has 0 heterocycles. The van der Waals surface area contributed by atoms with Gasteiger partial charge >= 0.3 is 11.7 Å². The molecular formula is C21H17FN2O6S. The van der Waals surface area contributed by atoms with E-state index in [1.54, 1.807) is 24.3 Å². The fourth-order valence-corrected chi connectivity index (χ4v) is 3.50. The normalized spacial score (nSPS) is 11.5. The second-order valence-electron chi connectivity index (χ2n) is 6.35. The minimum absolute atomic E-state index is 0.0143. The average Bonchev–Trinajstić information content (AvgIpc) is 2.74. The number of methoxy groups -OCH3 is 1. The number of hydrogen-bond acceptors (Lipinski definition) is 6. The van der Waals surface area contributed by atoms with E-state index in [9.17, 15) is 23.5 Å². The van der Waals surface area contributed by atoms with Gasteiger partial charge in [-0.15, -0.1) is 0 Å². The van der Waals surface area contributed by atoms with Crippen LogP contribution in [0.4, 0.5) is 15.8 Å². The Hall–Kier alpha value is -3.79. The van der Waals surface area contributed by atoms with Gasteiger partial charge in [-0.1, -0.05) is 17.7 Å². The van der Waals surface area contributed by atoms with Crippen LogP contribution in [0.2, 0.25) is 0 Å². The topological polar surface area (TPSA) is 108 Å². The Kier molecular flexibility index (Phi) is 6.61. The molecule has 31 heavy (non-hydrogen) atoms. The molecule has 0 aliphatic rings. The van der Waals surface area contributed by atoms with Crippen molar-refractivity contribution in [2.45, 2.75) is 11.8 Å². The summed E-state index contributed by atoms with van der Waals surface area (Å²) in [7, 11) is -0.492. The first-order valence-corrected chi connectivity index (χ1v) is 10.0. The summed E-state index contributed by atoms with van der Waals surface area (Å²) in [6.07, 6.45) is 0. The maximum absolute atomic E-state index is 13.5. The molecule has 0 fully saturated rings. The molecule has 1 atom stereocenters. The molecule has 3 aromatic carbocycles. The van der Waals surface area contributed by atoms with Crippen LogP contribution in [0.5, 0.6) is 11.5 Å². The molecule has 160 valence electrons. The zero-order valence-electron chi connectivity index (χ0n) is 16.5. The first-order valence-electron chi connectivity index (χ1n) is 8.87. The monoisotopic (exact) mass is 444 g/mol. The molecule has 0 radical (unpaired) electrons. The Balaban J connectivity index is 1.93. The summed E-state index contributed by atoms with van der Waals surface area (Å²) in [5.74, 6) is -1.77. The Bertz CT molecular complexity index is 1170. The highest BCUT2D eigenvalue weighted by Crippen LogP contribution is 2.34. The number of esters is 1. The molecule has 0 saturated heterocycles. The fourth-order valence-electron chi connectivity index (χ4n) is 2.62. The van der Waals surface area contributed by atoms with Crippen LogP contribution in [-0.2, 0) is 15.7 Å². The number of carbonyl (C=O) groups excluding carboxylic acids is 1. The third-order valence-corrected chi connectivity index (χ3v) is 5.29. The SMILES string of the molecule is COC(=O)c1cc(Oc2cc(F)ccc2[N+](=O)[O-])ccc1NS(=O)c1ccc(C)cc1. The van der Waals surface area contributed by atoms with Crippen LogP contribution < -0.4 is 9.46 Å². The molecule has 10 heteroatoms. The lowest BCUT2D eigenvalue weighted by atomic mass is 10.1. The molecular weight excluding hydrogens is 427 g/mol. The third-order valence-electron chi connectivity index (χ3n) is 4.18. The summed E-state index contributed by atoms with van der Waals surface area (Å²) in [5.41, 5.74) is 0.749. The highest BCUT2D eigenvalue weighted by atomic mass is 32.2. The van der Waals surface area contributed by atoms with Crippen molar-refractivity contribution in [2.75, 3.05) is 11.8 Å². The lowest BCUT2D eigenvalue weighted by molar-refractivity contribution is -0.385. The number of nitrogens with zero attached hydrogens (tertiary/aromatic N) is 1. The molecule has 0 bridgehead atoms. The van der Waals surface area contributed by atoms with Crippen molar-refractivity contribution < 1.29 is 27.8 Å². The molecule has 0 aliphatic heterocycles. The van der Waals surface area contributed by atoms with E-state index in [-0.39, 0.29) is 22.7 Å². The van der Waals surface area contributed by atoms with E-state index < -0.39 is 33.4 Å². The van der Waals surface area contributed by atoms with Crippen LogP contribution in [0.15, 0.2) is 65.6 Å². The van der Waals surface area contributed by atoms with Crippen molar-refractivity contribution in [3.05, 3.63) is 87.7 Å². The lowest BCUT2D eigenvalue weighted by Crippen LogP contribution is -2.11. The number of nitrogens with one attached hydrogen (secondary N) is 1. The average molecular weight is 444 g/mol. The number of ether oxygens (including phenoxy) is 2. The molecule has 0 aromatic heterocycles. The van der Waals surface area contributed by atoms with Crippen molar-refractivity contribution >= 4 is 28.3 Å².